The van der Waals surface area contributed by atoms with Crippen molar-refractivity contribution >= 4 is 5.94 Å². The first kappa shape index (κ1) is 9.67. The van der Waals surface area contributed by atoms with E-state index in [9.17, 15) is 0 Å². The fourth-order valence-electron chi connectivity index (χ4n) is 0. The highest BCUT2D eigenvalue weighted by Crippen LogP contribution is 1.76. The van der Waals surface area contributed by atoms with Gasteiger partial charge in [-0.2, -0.15) is 0 Å². The summed E-state index contributed by atoms with van der Waals surface area (Å²) in [7, 11) is 0. The van der Waals surface area contributed by atoms with E-state index in [0.717, 1.165) is 0 Å². The van der Waals surface area contributed by atoms with Crippen molar-refractivity contribution in [1.29, 1.82) is 0 Å². The molecule has 0 atom stereocenters. The Morgan fingerprint density at radius 2 is 1.57 bits per heavy atom. The van der Waals surface area contributed by atoms with E-state index in [0.29, 0.717) is 0 Å². The molecule has 0 aliphatic rings. The Hall–Kier alpha value is -0.550. The van der Waals surface area contributed by atoms with E-state index in [1.807, 2.05) is 0 Å². The molecule has 7 heavy (non-hydrogen) atoms. The summed E-state index contributed by atoms with van der Waals surface area (Å²) in [5.74, 6) is 1.25. The quantitative estimate of drug-likeness (QED) is 0.459. The Labute approximate surface area is 45.0 Å². The number of rotatable bonds is 1. The maximum Gasteiger partial charge on any atom is 0.116 e. The molecule has 0 saturated heterocycles. The SMILES string of the molecule is C=C=O.CCCC. The van der Waals surface area contributed by atoms with Crippen LogP contribution in [0.15, 0.2) is 6.58 Å². The summed E-state index contributed by atoms with van der Waals surface area (Å²) in [6, 6.07) is 0. The van der Waals surface area contributed by atoms with Gasteiger partial charge in [-0.3, -0.25) is 0 Å². The molecule has 1 nitrogen and oxygen atoms in total. The van der Waals surface area contributed by atoms with E-state index in [1.54, 1.807) is 0 Å². The average molecular weight is 100 g/mol. The molecule has 0 radical (unpaired) electrons. The zero-order valence-corrected chi connectivity index (χ0v) is 5.03. The van der Waals surface area contributed by atoms with E-state index in [-0.39, 0.29) is 0 Å². The van der Waals surface area contributed by atoms with Crippen LogP contribution < -0.4 is 0 Å². The number of unbranched alkanes of at least 4 members (excludes halogenated alkanes) is 1. The van der Waals surface area contributed by atoms with Gasteiger partial charge >= 0.3 is 0 Å². The predicted octanol–water partition coefficient (Wildman–Crippen LogP) is 1.81. The van der Waals surface area contributed by atoms with Crippen LogP contribution in [-0.4, -0.2) is 5.94 Å². The molecule has 0 aliphatic carbocycles. The highest BCUT2D eigenvalue weighted by Gasteiger charge is 1.56. The summed E-state index contributed by atoms with van der Waals surface area (Å²) >= 11 is 0. The van der Waals surface area contributed by atoms with Crippen LogP contribution in [-0.2, 0) is 4.79 Å². The first-order valence-corrected chi connectivity index (χ1v) is 2.47. The molecule has 0 unspecified atom stereocenters. The van der Waals surface area contributed by atoms with E-state index in [1.165, 1.54) is 18.8 Å². The van der Waals surface area contributed by atoms with Crippen molar-refractivity contribution < 1.29 is 4.79 Å². The van der Waals surface area contributed by atoms with E-state index >= 15 is 0 Å². The van der Waals surface area contributed by atoms with Gasteiger partial charge < -0.3 is 0 Å². The van der Waals surface area contributed by atoms with Crippen molar-refractivity contribution in [2.24, 2.45) is 0 Å². The van der Waals surface area contributed by atoms with Gasteiger partial charge in [-0.05, 0) is 6.58 Å². The standard InChI is InChI=1S/C4H10.C2H2O/c1-3-4-2;1-2-3/h3-4H2,1-2H3;1H2. The largest absolute Gasteiger partial charge is 0.234 e. The van der Waals surface area contributed by atoms with Gasteiger partial charge in [-0.15, -0.1) is 0 Å². The number of carbonyl (C=O) groups excluding carboxylic acids is 1. The highest BCUT2D eigenvalue weighted by atomic mass is 16.1. The summed E-state index contributed by atoms with van der Waals surface area (Å²) in [4.78, 5) is 8.57. The Morgan fingerprint density at radius 3 is 1.57 bits per heavy atom. The van der Waals surface area contributed by atoms with Crippen molar-refractivity contribution in [2.75, 3.05) is 0 Å². The van der Waals surface area contributed by atoms with Gasteiger partial charge in [0.05, 0.1) is 0 Å². The molecular formula is C6H12O. The molecule has 0 aromatic carbocycles. The molecule has 0 N–H and O–H groups in total. The maximum absolute atomic E-state index is 8.57. The smallest absolute Gasteiger partial charge is 0.116 e. The van der Waals surface area contributed by atoms with Crippen molar-refractivity contribution in [3.63, 3.8) is 0 Å². The molecule has 0 rings (SSSR count). The summed E-state index contributed by atoms with van der Waals surface area (Å²) in [5, 5.41) is 0. The first-order valence-electron chi connectivity index (χ1n) is 2.47. The molecule has 0 aliphatic heterocycles. The molecule has 42 valence electrons. The van der Waals surface area contributed by atoms with Crippen LogP contribution in [0, 0.1) is 0 Å². The van der Waals surface area contributed by atoms with Gasteiger partial charge in [0.15, 0.2) is 0 Å². The van der Waals surface area contributed by atoms with Gasteiger partial charge in [-0.1, -0.05) is 26.7 Å². The van der Waals surface area contributed by atoms with E-state index < -0.39 is 0 Å². The van der Waals surface area contributed by atoms with E-state index in [4.69, 9.17) is 4.79 Å². The third-order valence-corrected chi connectivity index (χ3v) is 0.500. The van der Waals surface area contributed by atoms with Crippen molar-refractivity contribution in [3.05, 3.63) is 6.58 Å². The maximum atomic E-state index is 8.57. The Kier molecular flexibility index (Phi) is 24.8. The van der Waals surface area contributed by atoms with Crippen molar-refractivity contribution in [1.82, 2.24) is 0 Å². The minimum Gasteiger partial charge on any atom is -0.234 e. The average Bonchev–Trinajstić information content (AvgIpc) is 1.69. The summed E-state index contributed by atoms with van der Waals surface area (Å²) in [6.07, 6.45) is 2.64. The number of hydrogen-bond donors (Lipinski definition) is 0. The van der Waals surface area contributed by atoms with Gasteiger partial charge in [0.25, 0.3) is 0 Å². The zero-order valence-electron chi connectivity index (χ0n) is 5.03. The van der Waals surface area contributed by atoms with Crippen molar-refractivity contribution in [2.45, 2.75) is 26.7 Å². The first-order chi connectivity index (χ1) is 3.33. The third-order valence-electron chi connectivity index (χ3n) is 0.500. The summed E-state index contributed by atoms with van der Waals surface area (Å²) in [6.45, 7) is 7.04. The van der Waals surface area contributed by atoms with Crippen LogP contribution in [0.5, 0.6) is 0 Å². The second kappa shape index (κ2) is 18.0. The molecule has 0 saturated carbocycles. The second-order valence-corrected chi connectivity index (χ2v) is 1.14. The zero-order chi connectivity index (χ0) is 6.12. The molecule has 0 spiro atoms. The molecule has 0 aromatic rings. The second-order valence-electron chi connectivity index (χ2n) is 1.14. The molecule has 0 aromatic heterocycles. The molecule has 0 amide bonds. The Balaban J connectivity index is 0. The Morgan fingerprint density at radius 1 is 1.43 bits per heavy atom. The minimum atomic E-state index is 1.25. The van der Waals surface area contributed by atoms with Crippen LogP contribution in [0.3, 0.4) is 0 Å². The van der Waals surface area contributed by atoms with Crippen LogP contribution in [0.4, 0.5) is 0 Å². The lowest BCUT2D eigenvalue weighted by molar-refractivity contribution is 0.569. The van der Waals surface area contributed by atoms with Gasteiger partial charge in [0, 0.05) is 0 Å². The van der Waals surface area contributed by atoms with Crippen LogP contribution >= 0.6 is 0 Å². The fraction of sp³-hybridized carbons (Fsp3) is 0.667. The molecule has 0 fully saturated rings. The third kappa shape index (κ3) is 320. The Bertz CT molecular complexity index is 40.1. The minimum absolute atomic E-state index is 1.25. The number of hydrogen-bond acceptors (Lipinski definition) is 1. The molecular weight excluding hydrogens is 88.1 g/mol. The summed E-state index contributed by atoms with van der Waals surface area (Å²) < 4.78 is 0. The summed E-state index contributed by atoms with van der Waals surface area (Å²) in [5.41, 5.74) is 0. The monoisotopic (exact) mass is 100 g/mol. The normalized spacial score (nSPS) is 5.43. The fourth-order valence-corrected chi connectivity index (χ4v) is 0. The van der Waals surface area contributed by atoms with Gasteiger partial charge in [-0.25, -0.2) is 4.79 Å². The lowest BCUT2D eigenvalue weighted by atomic mass is 10.4. The predicted molar refractivity (Wildman–Crippen MR) is 31.9 cm³/mol. The topological polar surface area (TPSA) is 17.1 Å². The lowest BCUT2D eigenvalue weighted by Crippen LogP contribution is -1.47. The van der Waals surface area contributed by atoms with Gasteiger partial charge in [0.2, 0.25) is 0 Å². The van der Waals surface area contributed by atoms with E-state index in [2.05, 4.69) is 20.4 Å². The van der Waals surface area contributed by atoms with Crippen LogP contribution in [0.2, 0.25) is 0 Å². The molecule has 0 bridgehead atoms. The highest BCUT2D eigenvalue weighted by molar-refractivity contribution is 5.38. The van der Waals surface area contributed by atoms with Crippen LogP contribution in [0.25, 0.3) is 0 Å². The van der Waals surface area contributed by atoms with Crippen LogP contribution in [0.1, 0.15) is 26.7 Å². The molecule has 0 heterocycles. The van der Waals surface area contributed by atoms with Gasteiger partial charge in [0.1, 0.15) is 5.94 Å². The van der Waals surface area contributed by atoms with Crippen molar-refractivity contribution in [3.8, 4) is 0 Å². The molecule has 1 heteroatoms. The lowest BCUT2D eigenvalue weighted by Gasteiger charge is -1.68.